The predicted molar refractivity (Wildman–Crippen MR) is 111 cm³/mol. The van der Waals surface area contributed by atoms with Crippen LogP contribution in [0.1, 0.15) is 5.56 Å². The van der Waals surface area contributed by atoms with Gasteiger partial charge in [0, 0.05) is 23.5 Å². The molecule has 3 aromatic carbocycles. The number of rotatable bonds is 8. The minimum atomic E-state index is -3.66. The van der Waals surface area contributed by atoms with Gasteiger partial charge in [0.2, 0.25) is 0 Å². The molecule has 0 unspecified atom stereocenters. The number of hydrogen-bond acceptors (Lipinski definition) is 5. The maximum atomic E-state index is 12.5. The fourth-order valence-corrected chi connectivity index (χ4v) is 3.73. The molecule has 2 N–H and O–H groups in total. The van der Waals surface area contributed by atoms with Crippen LogP contribution in [-0.4, -0.2) is 22.6 Å². The average molecular weight is 398 g/mol. The van der Waals surface area contributed by atoms with E-state index < -0.39 is 10.0 Å². The maximum absolute atomic E-state index is 12.5. The van der Waals surface area contributed by atoms with Gasteiger partial charge in [0.05, 0.1) is 19.1 Å². The third kappa shape index (κ3) is 4.75. The summed E-state index contributed by atoms with van der Waals surface area (Å²) in [6, 6.07) is 21.1. The smallest absolute Gasteiger partial charge is 0.261 e. The second-order valence-corrected chi connectivity index (χ2v) is 7.71. The minimum absolute atomic E-state index is 0.173. The van der Waals surface area contributed by atoms with Gasteiger partial charge < -0.3 is 14.8 Å². The molecule has 3 rings (SSSR count). The van der Waals surface area contributed by atoms with E-state index in [1.807, 2.05) is 36.4 Å². The highest BCUT2D eigenvalue weighted by Crippen LogP contribution is 2.22. The molecule has 0 heterocycles. The molecule has 146 valence electrons. The standard InChI is InChI=1S/C21H22N2O4S/c1-26-19-11-13-20(14-12-19)28(24,25)23-18-9-7-17(8-10-18)22-15-16-5-3-4-6-21(16)27-2/h3-14,22-23H,15H2,1-2H3. The van der Waals surface area contributed by atoms with Crippen molar-refractivity contribution < 1.29 is 17.9 Å². The second kappa shape index (κ2) is 8.67. The van der Waals surface area contributed by atoms with Crippen molar-refractivity contribution in [3.05, 3.63) is 78.4 Å². The van der Waals surface area contributed by atoms with Crippen LogP contribution >= 0.6 is 0 Å². The molecule has 0 bridgehead atoms. The molecule has 28 heavy (non-hydrogen) atoms. The summed E-state index contributed by atoms with van der Waals surface area (Å²) in [7, 11) is -0.484. The highest BCUT2D eigenvalue weighted by molar-refractivity contribution is 7.92. The molecule has 0 aliphatic rings. The number of ether oxygens (including phenoxy) is 2. The van der Waals surface area contributed by atoms with Gasteiger partial charge in [0.25, 0.3) is 10.0 Å². The molecule has 3 aromatic rings. The molecule has 7 heteroatoms. The van der Waals surface area contributed by atoms with Crippen LogP contribution in [0.15, 0.2) is 77.7 Å². The third-order valence-electron chi connectivity index (χ3n) is 4.18. The molecule has 0 atom stereocenters. The van der Waals surface area contributed by atoms with E-state index in [0.29, 0.717) is 18.0 Å². The first-order valence-electron chi connectivity index (χ1n) is 8.64. The van der Waals surface area contributed by atoms with E-state index in [1.165, 1.54) is 19.2 Å². The van der Waals surface area contributed by atoms with Crippen LogP contribution in [0, 0.1) is 0 Å². The van der Waals surface area contributed by atoms with Crippen LogP contribution in [-0.2, 0) is 16.6 Å². The molecule has 0 radical (unpaired) electrons. The fourth-order valence-electron chi connectivity index (χ4n) is 2.67. The van der Waals surface area contributed by atoms with Gasteiger partial charge in [0.1, 0.15) is 11.5 Å². The van der Waals surface area contributed by atoms with Gasteiger partial charge in [-0.15, -0.1) is 0 Å². The van der Waals surface area contributed by atoms with Crippen molar-refractivity contribution >= 4 is 21.4 Å². The molecular formula is C21H22N2O4S. The Morgan fingerprint density at radius 1 is 0.786 bits per heavy atom. The molecule has 0 amide bonds. The molecule has 0 saturated carbocycles. The van der Waals surface area contributed by atoms with Gasteiger partial charge in [-0.25, -0.2) is 8.42 Å². The predicted octanol–water partition coefficient (Wildman–Crippen LogP) is 4.12. The summed E-state index contributed by atoms with van der Waals surface area (Å²) in [4.78, 5) is 0.173. The first kappa shape index (κ1) is 19.6. The Kier molecular flexibility index (Phi) is 6.06. The van der Waals surface area contributed by atoms with Crippen LogP contribution < -0.4 is 19.5 Å². The van der Waals surface area contributed by atoms with E-state index in [4.69, 9.17) is 9.47 Å². The summed E-state index contributed by atoms with van der Waals surface area (Å²) in [5, 5.41) is 3.30. The van der Waals surface area contributed by atoms with Crippen molar-refractivity contribution in [1.29, 1.82) is 0 Å². The van der Waals surface area contributed by atoms with E-state index in [9.17, 15) is 8.42 Å². The van der Waals surface area contributed by atoms with Gasteiger partial charge in [-0.2, -0.15) is 0 Å². The van der Waals surface area contributed by atoms with Crippen LogP contribution in [0.3, 0.4) is 0 Å². The van der Waals surface area contributed by atoms with E-state index in [0.717, 1.165) is 17.0 Å². The van der Waals surface area contributed by atoms with Gasteiger partial charge in [0.15, 0.2) is 0 Å². The van der Waals surface area contributed by atoms with Crippen LogP contribution in [0.4, 0.5) is 11.4 Å². The number of sulfonamides is 1. The number of methoxy groups -OCH3 is 2. The zero-order valence-electron chi connectivity index (χ0n) is 15.7. The normalized spacial score (nSPS) is 10.9. The van der Waals surface area contributed by atoms with Gasteiger partial charge in [-0.3, -0.25) is 4.72 Å². The Labute approximate surface area is 165 Å². The van der Waals surface area contributed by atoms with Crippen molar-refractivity contribution in [2.75, 3.05) is 24.3 Å². The Morgan fingerprint density at radius 2 is 1.43 bits per heavy atom. The van der Waals surface area contributed by atoms with Crippen molar-refractivity contribution in [2.45, 2.75) is 11.4 Å². The third-order valence-corrected chi connectivity index (χ3v) is 5.58. The fraction of sp³-hybridized carbons (Fsp3) is 0.143. The lowest BCUT2D eigenvalue weighted by Gasteiger charge is -2.12. The molecule has 0 aromatic heterocycles. The Hall–Kier alpha value is -3.19. The Balaban J connectivity index is 1.65. The number of nitrogens with one attached hydrogen (secondary N) is 2. The number of para-hydroxylation sites is 1. The summed E-state index contributed by atoms with van der Waals surface area (Å²) < 4.78 is 37.9. The molecule has 0 fully saturated rings. The van der Waals surface area contributed by atoms with E-state index >= 15 is 0 Å². The monoisotopic (exact) mass is 398 g/mol. The van der Waals surface area contributed by atoms with Crippen molar-refractivity contribution in [1.82, 2.24) is 0 Å². The van der Waals surface area contributed by atoms with Crippen molar-refractivity contribution in [2.24, 2.45) is 0 Å². The Bertz CT molecular complexity index is 1020. The largest absolute Gasteiger partial charge is 0.497 e. The summed E-state index contributed by atoms with van der Waals surface area (Å²) in [6.45, 7) is 0.598. The van der Waals surface area contributed by atoms with Crippen LogP contribution in [0.2, 0.25) is 0 Å². The van der Waals surface area contributed by atoms with Gasteiger partial charge in [-0.1, -0.05) is 18.2 Å². The molecule has 6 nitrogen and oxygen atoms in total. The van der Waals surface area contributed by atoms with Gasteiger partial charge >= 0.3 is 0 Å². The summed E-state index contributed by atoms with van der Waals surface area (Å²) in [5.41, 5.74) is 2.39. The Morgan fingerprint density at radius 3 is 2.07 bits per heavy atom. The summed E-state index contributed by atoms with van der Waals surface area (Å²) in [5.74, 6) is 1.42. The lowest BCUT2D eigenvalue weighted by Crippen LogP contribution is -2.12. The van der Waals surface area contributed by atoms with E-state index in [1.54, 1.807) is 31.4 Å². The summed E-state index contributed by atoms with van der Waals surface area (Å²) >= 11 is 0. The maximum Gasteiger partial charge on any atom is 0.261 e. The lowest BCUT2D eigenvalue weighted by atomic mass is 10.2. The highest BCUT2D eigenvalue weighted by atomic mass is 32.2. The van der Waals surface area contributed by atoms with Crippen molar-refractivity contribution in [3.8, 4) is 11.5 Å². The molecular weight excluding hydrogens is 376 g/mol. The zero-order valence-corrected chi connectivity index (χ0v) is 16.5. The topological polar surface area (TPSA) is 76.7 Å². The second-order valence-electron chi connectivity index (χ2n) is 6.02. The first-order valence-corrected chi connectivity index (χ1v) is 10.1. The molecule has 0 saturated heterocycles. The van der Waals surface area contributed by atoms with Crippen LogP contribution in [0.25, 0.3) is 0 Å². The van der Waals surface area contributed by atoms with E-state index in [2.05, 4.69) is 10.0 Å². The highest BCUT2D eigenvalue weighted by Gasteiger charge is 2.14. The van der Waals surface area contributed by atoms with Gasteiger partial charge in [-0.05, 0) is 54.6 Å². The number of hydrogen-bond donors (Lipinski definition) is 2. The molecule has 0 spiro atoms. The summed E-state index contributed by atoms with van der Waals surface area (Å²) in [6.07, 6.45) is 0. The SMILES string of the molecule is COc1ccc(S(=O)(=O)Nc2ccc(NCc3ccccc3OC)cc2)cc1. The molecule has 0 aliphatic heterocycles. The molecule has 0 aliphatic carbocycles. The zero-order chi connectivity index (χ0) is 20.0. The van der Waals surface area contributed by atoms with Crippen LogP contribution in [0.5, 0.6) is 11.5 Å². The first-order chi connectivity index (χ1) is 13.5. The quantitative estimate of drug-likeness (QED) is 0.597. The number of benzene rings is 3. The lowest BCUT2D eigenvalue weighted by molar-refractivity contribution is 0.410. The number of anilines is 2. The average Bonchev–Trinajstić information content (AvgIpc) is 2.73. The minimum Gasteiger partial charge on any atom is -0.497 e. The van der Waals surface area contributed by atoms with E-state index in [-0.39, 0.29) is 4.90 Å². The van der Waals surface area contributed by atoms with Crippen molar-refractivity contribution in [3.63, 3.8) is 0 Å².